The largest absolute Gasteiger partial charge is 0.370 e. The van der Waals surface area contributed by atoms with Gasteiger partial charge in [-0.25, -0.2) is 0 Å². The summed E-state index contributed by atoms with van der Waals surface area (Å²) in [6.45, 7) is 4.43. The van der Waals surface area contributed by atoms with Crippen LogP contribution < -0.4 is 5.32 Å². The van der Waals surface area contributed by atoms with Crippen molar-refractivity contribution in [1.82, 2.24) is 5.32 Å². The van der Waals surface area contributed by atoms with Gasteiger partial charge in [0.15, 0.2) is 0 Å². The molecule has 5 atom stereocenters. The van der Waals surface area contributed by atoms with Gasteiger partial charge in [0.1, 0.15) is 0 Å². The quantitative estimate of drug-likeness (QED) is 0.510. The van der Waals surface area contributed by atoms with E-state index in [1.807, 2.05) is 36.4 Å². The Kier molecular flexibility index (Phi) is 6.88. The molecule has 31 heavy (non-hydrogen) atoms. The predicted molar refractivity (Wildman–Crippen MR) is 127 cm³/mol. The van der Waals surface area contributed by atoms with Crippen molar-refractivity contribution in [2.75, 3.05) is 0 Å². The molecule has 0 bridgehead atoms. The summed E-state index contributed by atoms with van der Waals surface area (Å²) < 4.78 is 6.58. The molecule has 1 saturated carbocycles. The topological polar surface area (TPSA) is 38.3 Å². The molecular formula is C25H28Cl3NO2. The number of hydrogen-bond acceptors (Lipinski definition) is 2. The van der Waals surface area contributed by atoms with Gasteiger partial charge in [-0.3, -0.25) is 4.79 Å². The zero-order chi connectivity index (χ0) is 22.2. The van der Waals surface area contributed by atoms with Crippen LogP contribution in [0.1, 0.15) is 56.8 Å². The predicted octanol–water partition coefficient (Wildman–Crippen LogP) is 7.03. The van der Waals surface area contributed by atoms with E-state index in [1.165, 1.54) is 0 Å². The number of rotatable bonds is 4. The van der Waals surface area contributed by atoms with E-state index >= 15 is 0 Å². The lowest BCUT2D eigenvalue weighted by Crippen LogP contribution is -2.60. The summed E-state index contributed by atoms with van der Waals surface area (Å²) >= 11 is 18.8. The van der Waals surface area contributed by atoms with Crippen molar-refractivity contribution in [3.8, 4) is 0 Å². The number of fused-ring (bicyclic) bond motifs is 1. The van der Waals surface area contributed by atoms with Crippen molar-refractivity contribution in [2.45, 2.75) is 63.7 Å². The van der Waals surface area contributed by atoms with Crippen LogP contribution in [0.4, 0.5) is 0 Å². The number of ether oxygens (including phenoxy) is 1. The first-order chi connectivity index (χ1) is 14.7. The first kappa shape index (κ1) is 22.9. The van der Waals surface area contributed by atoms with Gasteiger partial charge in [-0.1, -0.05) is 72.4 Å². The Morgan fingerprint density at radius 1 is 1.13 bits per heavy atom. The molecule has 2 aromatic carbocycles. The van der Waals surface area contributed by atoms with E-state index in [0.717, 1.165) is 30.4 Å². The Balaban J connectivity index is 1.58. The fourth-order valence-corrected chi connectivity index (χ4v) is 5.81. The first-order valence-corrected chi connectivity index (χ1v) is 12.0. The fourth-order valence-electron chi connectivity index (χ4n) is 5.25. The number of nitrogens with one attached hydrogen (secondary N) is 1. The number of halogens is 3. The number of amides is 1. The minimum atomic E-state index is -0.386. The smallest absolute Gasteiger partial charge is 0.224 e. The Labute approximate surface area is 199 Å². The molecule has 0 unspecified atom stereocenters. The summed E-state index contributed by atoms with van der Waals surface area (Å²) in [5.74, 6) is 0.885. The van der Waals surface area contributed by atoms with E-state index in [1.54, 1.807) is 6.07 Å². The average molecular weight is 481 g/mol. The zero-order valence-electron chi connectivity index (χ0n) is 17.8. The first-order valence-electron chi connectivity index (χ1n) is 10.9. The average Bonchev–Trinajstić information content (AvgIpc) is 2.71. The molecule has 2 fully saturated rings. The van der Waals surface area contributed by atoms with Crippen molar-refractivity contribution >= 4 is 40.7 Å². The zero-order valence-corrected chi connectivity index (χ0v) is 20.1. The highest BCUT2D eigenvalue weighted by Crippen LogP contribution is 2.49. The molecule has 0 spiro atoms. The van der Waals surface area contributed by atoms with Crippen molar-refractivity contribution in [1.29, 1.82) is 0 Å². The third-order valence-corrected chi connectivity index (χ3v) is 7.94. The number of carbonyl (C=O) groups excluding carboxylic acids is 1. The standard InChI is InChI=1S/C25H28Cl3NO2/c1-15-6-11-19-21(12-15)31-22(18-4-3-5-20(27)24(18)28)14-25(19,2)29-23(30)13-16-7-9-17(26)10-8-16/h3-5,7-10,15,19,21-22H,6,11-14H2,1-2H3,(H,29,30)/t15-,19-,21-,22-,25-/m0/s1. The molecule has 1 amide bonds. The second kappa shape index (κ2) is 9.31. The molecule has 2 aliphatic rings. The minimum absolute atomic E-state index is 0.0139. The Morgan fingerprint density at radius 3 is 2.61 bits per heavy atom. The molecule has 1 aliphatic heterocycles. The maximum atomic E-state index is 13.0. The molecular weight excluding hydrogens is 453 g/mol. The van der Waals surface area contributed by atoms with Crippen LogP contribution in [0.25, 0.3) is 0 Å². The molecule has 1 aliphatic carbocycles. The number of hydrogen-bond donors (Lipinski definition) is 1. The van der Waals surface area contributed by atoms with E-state index in [2.05, 4.69) is 19.2 Å². The van der Waals surface area contributed by atoms with Crippen LogP contribution in [0.15, 0.2) is 42.5 Å². The molecule has 1 heterocycles. The second-order valence-corrected chi connectivity index (χ2v) is 10.5. The van der Waals surface area contributed by atoms with E-state index in [-0.39, 0.29) is 29.6 Å². The normalized spacial score (nSPS) is 30.5. The Bertz CT molecular complexity index is 948. The van der Waals surface area contributed by atoms with Crippen LogP contribution in [-0.4, -0.2) is 17.6 Å². The van der Waals surface area contributed by atoms with E-state index in [9.17, 15) is 4.79 Å². The second-order valence-electron chi connectivity index (χ2n) is 9.30. The highest BCUT2D eigenvalue weighted by molar-refractivity contribution is 6.42. The summed E-state index contributed by atoms with van der Waals surface area (Å²) in [7, 11) is 0. The third-order valence-electron chi connectivity index (χ3n) is 6.85. The monoisotopic (exact) mass is 479 g/mol. The number of benzene rings is 2. The summed E-state index contributed by atoms with van der Waals surface area (Å²) in [6.07, 6.45) is 4.04. The van der Waals surface area contributed by atoms with Crippen LogP contribution in [0.3, 0.4) is 0 Å². The molecule has 0 aromatic heterocycles. The summed E-state index contributed by atoms with van der Waals surface area (Å²) in [5, 5.41) is 5.10. The van der Waals surface area contributed by atoms with Crippen LogP contribution in [-0.2, 0) is 16.0 Å². The van der Waals surface area contributed by atoms with Gasteiger partial charge >= 0.3 is 0 Å². The van der Waals surface area contributed by atoms with Crippen molar-refractivity contribution in [2.24, 2.45) is 11.8 Å². The lowest BCUT2D eigenvalue weighted by Gasteiger charge is -2.52. The lowest BCUT2D eigenvalue weighted by molar-refractivity contribution is -0.153. The molecule has 166 valence electrons. The van der Waals surface area contributed by atoms with Gasteiger partial charge in [0.2, 0.25) is 5.91 Å². The van der Waals surface area contributed by atoms with Crippen LogP contribution in [0.2, 0.25) is 15.1 Å². The Hall–Kier alpha value is -1.26. The van der Waals surface area contributed by atoms with Gasteiger partial charge in [-0.05, 0) is 49.4 Å². The van der Waals surface area contributed by atoms with Gasteiger partial charge in [-0.2, -0.15) is 0 Å². The third kappa shape index (κ3) is 5.06. The molecule has 4 rings (SSSR count). The van der Waals surface area contributed by atoms with E-state index < -0.39 is 0 Å². The molecule has 6 heteroatoms. The molecule has 0 radical (unpaired) electrons. The maximum Gasteiger partial charge on any atom is 0.224 e. The van der Waals surface area contributed by atoms with Crippen LogP contribution >= 0.6 is 34.8 Å². The summed E-state index contributed by atoms with van der Waals surface area (Å²) in [4.78, 5) is 13.0. The molecule has 3 nitrogen and oxygen atoms in total. The Morgan fingerprint density at radius 2 is 1.87 bits per heavy atom. The van der Waals surface area contributed by atoms with Gasteiger partial charge in [0.25, 0.3) is 0 Å². The maximum absolute atomic E-state index is 13.0. The highest BCUT2D eigenvalue weighted by atomic mass is 35.5. The number of carbonyl (C=O) groups is 1. The minimum Gasteiger partial charge on any atom is -0.370 e. The lowest BCUT2D eigenvalue weighted by atomic mass is 9.66. The van der Waals surface area contributed by atoms with Crippen LogP contribution in [0, 0.1) is 11.8 Å². The SMILES string of the molecule is C[C@H]1CC[C@H]2[C@H](C1)O[C@H](c1cccc(Cl)c1Cl)C[C@]2(C)NC(=O)Cc1ccc(Cl)cc1. The van der Waals surface area contributed by atoms with Crippen molar-refractivity contribution < 1.29 is 9.53 Å². The van der Waals surface area contributed by atoms with Gasteiger partial charge in [-0.15, -0.1) is 0 Å². The highest BCUT2D eigenvalue weighted by Gasteiger charge is 2.49. The summed E-state index contributed by atoms with van der Waals surface area (Å²) in [5.41, 5.74) is 1.45. The molecule has 1 N–H and O–H groups in total. The molecule has 1 saturated heterocycles. The van der Waals surface area contributed by atoms with Gasteiger partial charge in [0, 0.05) is 28.5 Å². The van der Waals surface area contributed by atoms with Gasteiger partial charge in [0.05, 0.1) is 28.7 Å². The van der Waals surface area contributed by atoms with E-state index in [0.29, 0.717) is 33.8 Å². The van der Waals surface area contributed by atoms with E-state index in [4.69, 9.17) is 39.5 Å². The van der Waals surface area contributed by atoms with Crippen molar-refractivity contribution in [3.63, 3.8) is 0 Å². The van der Waals surface area contributed by atoms with Gasteiger partial charge < -0.3 is 10.1 Å². The summed E-state index contributed by atoms with van der Waals surface area (Å²) in [6, 6.07) is 13.1. The van der Waals surface area contributed by atoms with Crippen molar-refractivity contribution in [3.05, 3.63) is 68.7 Å². The fraction of sp³-hybridized carbons (Fsp3) is 0.480. The van der Waals surface area contributed by atoms with Crippen LogP contribution in [0.5, 0.6) is 0 Å². The molecule has 2 aromatic rings.